The molecule has 0 aliphatic rings. The molecule has 3 nitrogen and oxygen atoms in total. The molecule has 31 heavy (non-hydrogen) atoms. The van der Waals surface area contributed by atoms with Gasteiger partial charge in [-0.2, -0.15) is 4.57 Å². The second kappa shape index (κ2) is 7.11. The zero-order valence-corrected chi connectivity index (χ0v) is 18.0. The van der Waals surface area contributed by atoms with Crippen LogP contribution >= 0.6 is 0 Å². The SMILES string of the molecule is [2H]c1c(C)c([2H])c(-c2c(C)ccc3c2oc2c([N+]#[C-])c(-c4ccccc4)ccc23)[n+](C)c1C. The Labute approximate surface area is 184 Å². The van der Waals surface area contributed by atoms with Gasteiger partial charge in [0.25, 0.3) is 0 Å². The molecule has 150 valence electrons. The summed E-state index contributed by atoms with van der Waals surface area (Å²) in [6.07, 6.45) is 0. The third-order valence-corrected chi connectivity index (χ3v) is 5.94. The second-order valence-electron chi connectivity index (χ2n) is 7.92. The number of hydrogen-bond donors (Lipinski definition) is 0. The van der Waals surface area contributed by atoms with E-state index in [4.69, 9.17) is 13.7 Å². The minimum absolute atomic E-state index is 0.319. The molecule has 0 aliphatic carbocycles. The summed E-state index contributed by atoms with van der Waals surface area (Å²) in [5.74, 6) is 0. The predicted octanol–water partition coefficient (Wildman–Crippen LogP) is 7.22. The van der Waals surface area contributed by atoms with E-state index in [0.29, 0.717) is 34.5 Å². The normalized spacial score (nSPS) is 12.1. The molecule has 2 heterocycles. The zero-order chi connectivity index (χ0) is 23.4. The lowest BCUT2D eigenvalue weighted by Gasteiger charge is -2.08. The molecule has 0 bridgehead atoms. The van der Waals surface area contributed by atoms with Crippen LogP contribution in [-0.2, 0) is 7.05 Å². The van der Waals surface area contributed by atoms with Gasteiger partial charge in [-0.05, 0) is 36.1 Å². The number of aryl methyl sites for hydroxylation is 1. The van der Waals surface area contributed by atoms with Crippen molar-refractivity contribution < 1.29 is 11.7 Å². The van der Waals surface area contributed by atoms with Gasteiger partial charge in [-0.25, -0.2) is 4.85 Å². The van der Waals surface area contributed by atoms with Gasteiger partial charge in [0.2, 0.25) is 11.4 Å². The van der Waals surface area contributed by atoms with Crippen LogP contribution in [0, 0.1) is 27.3 Å². The van der Waals surface area contributed by atoms with Crippen molar-refractivity contribution in [2.75, 3.05) is 0 Å². The van der Waals surface area contributed by atoms with Crippen molar-refractivity contribution in [2.24, 2.45) is 7.05 Å². The number of aromatic nitrogens is 1. The van der Waals surface area contributed by atoms with E-state index in [-0.39, 0.29) is 0 Å². The Balaban J connectivity index is 1.91. The van der Waals surface area contributed by atoms with Crippen molar-refractivity contribution in [3.8, 4) is 22.4 Å². The molecule has 0 aliphatic heterocycles. The lowest BCUT2D eigenvalue weighted by atomic mass is 9.98. The fourth-order valence-corrected chi connectivity index (χ4v) is 4.29. The first-order chi connectivity index (χ1) is 15.8. The standard InChI is InChI=1S/C28H23N2O/c1-17-15-19(3)30(5)24(16-17)25-18(2)11-12-22-23-14-13-21(20-9-7-6-8-10-20)26(29-4)28(23)31-27(22)25/h6-16H,1-3,5H3/q+1/i15D,16D. The van der Waals surface area contributed by atoms with Crippen LogP contribution in [0.5, 0.6) is 0 Å². The Hall–Kier alpha value is -3.90. The number of benzene rings is 3. The minimum atomic E-state index is 0.319. The molecule has 2 aromatic heterocycles. The maximum absolute atomic E-state index is 8.81. The number of hydrogen-bond acceptors (Lipinski definition) is 1. The molecule has 5 aromatic rings. The van der Waals surface area contributed by atoms with E-state index in [0.717, 1.165) is 44.4 Å². The van der Waals surface area contributed by atoms with Gasteiger partial charge >= 0.3 is 0 Å². The highest BCUT2D eigenvalue weighted by Crippen LogP contribution is 2.44. The van der Waals surface area contributed by atoms with Crippen LogP contribution in [0.3, 0.4) is 0 Å². The average molecular weight is 406 g/mol. The molecule has 0 unspecified atom stereocenters. The summed E-state index contributed by atoms with van der Waals surface area (Å²) in [7, 11) is 1.89. The molecule has 5 rings (SSSR count). The van der Waals surface area contributed by atoms with E-state index in [1.54, 1.807) is 0 Å². The Bertz CT molecular complexity index is 1600. The highest BCUT2D eigenvalue weighted by molar-refractivity contribution is 6.14. The van der Waals surface area contributed by atoms with Crippen LogP contribution in [-0.4, -0.2) is 0 Å². The number of furan rings is 1. The van der Waals surface area contributed by atoms with Crippen molar-refractivity contribution in [1.29, 1.82) is 0 Å². The van der Waals surface area contributed by atoms with Crippen LogP contribution in [0.4, 0.5) is 5.69 Å². The van der Waals surface area contributed by atoms with Crippen molar-refractivity contribution in [3.63, 3.8) is 0 Å². The van der Waals surface area contributed by atoms with Crippen molar-refractivity contribution in [3.05, 3.63) is 94.9 Å². The van der Waals surface area contributed by atoms with Gasteiger partial charge in [-0.1, -0.05) is 54.6 Å². The predicted molar refractivity (Wildman–Crippen MR) is 126 cm³/mol. The molecule has 3 aromatic carbocycles. The van der Waals surface area contributed by atoms with Crippen molar-refractivity contribution in [1.82, 2.24) is 0 Å². The van der Waals surface area contributed by atoms with Crippen LogP contribution in [0.25, 0.3) is 49.2 Å². The number of nitrogens with zero attached hydrogens (tertiary/aromatic N) is 2. The summed E-state index contributed by atoms with van der Waals surface area (Å²) in [5, 5.41) is 1.80. The molecule has 0 spiro atoms. The number of fused-ring (bicyclic) bond motifs is 3. The van der Waals surface area contributed by atoms with E-state index in [1.165, 1.54) is 0 Å². The lowest BCUT2D eigenvalue weighted by molar-refractivity contribution is -0.666. The van der Waals surface area contributed by atoms with Crippen LogP contribution in [0.15, 0.2) is 71.1 Å². The topological polar surface area (TPSA) is 21.4 Å². The summed E-state index contributed by atoms with van der Waals surface area (Å²) >= 11 is 0. The van der Waals surface area contributed by atoms with Gasteiger partial charge in [0.15, 0.2) is 5.69 Å². The maximum Gasteiger partial charge on any atom is 0.237 e. The minimum Gasteiger partial charge on any atom is -0.466 e. The molecule has 0 saturated carbocycles. The van der Waals surface area contributed by atoms with Gasteiger partial charge in [-0.3, -0.25) is 0 Å². The third kappa shape index (κ3) is 2.92. The quantitative estimate of drug-likeness (QED) is 0.224. The monoisotopic (exact) mass is 405 g/mol. The van der Waals surface area contributed by atoms with Crippen molar-refractivity contribution in [2.45, 2.75) is 20.8 Å². The summed E-state index contributed by atoms with van der Waals surface area (Å²) in [5.41, 5.74) is 7.49. The van der Waals surface area contributed by atoms with E-state index in [1.807, 2.05) is 87.0 Å². The fraction of sp³-hybridized carbons (Fsp3) is 0.143. The summed E-state index contributed by atoms with van der Waals surface area (Å²) in [6.45, 7) is 13.6. The van der Waals surface area contributed by atoms with Gasteiger partial charge < -0.3 is 4.42 Å². The molecule has 0 amide bonds. The van der Waals surface area contributed by atoms with Gasteiger partial charge in [0, 0.05) is 29.8 Å². The largest absolute Gasteiger partial charge is 0.466 e. The van der Waals surface area contributed by atoms with E-state index in [9.17, 15) is 0 Å². The molecule has 0 saturated heterocycles. The Kier molecular flexibility index (Phi) is 3.86. The average Bonchev–Trinajstić information content (AvgIpc) is 3.21. The highest BCUT2D eigenvalue weighted by Gasteiger charge is 2.23. The lowest BCUT2D eigenvalue weighted by Crippen LogP contribution is -2.35. The fourth-order valence-electron chi connectivity index (χ4n) is 4.29. The van der Waals surface area contributed by atoms with Crippen LogP contribution < -0.4 is 4.57 Å². The summed E-state index contributed by atoms with van der Waals surface area (Å²) in [4.78, 5) is 3.86. The van der Waals surface area contributed by atoms with E-state index in [2.05, 4.69) is 4.85 Å². The Morgan fingerprint density at radius 3 is 2.35 bits per heavy atom. The first-order valence-electron chi connectivity index (χ1n) is 11.2. The Morgan fingerprint density at radius 2 is 1.61 bits per heavy atom. The summed E-state index contributed by atoms with van der Waals surface area (Å²) in [6, 6.07) is 18.6. The molecule has 0 N–H and O–H groups in total. The molecular weight excluding hydrogens is 380 g/mol. The van der Waals surface area contributed by atoms with E-state index < -0.39 is 0 Å². The Morgan fingerprint density at radius 1 is 0.903 bits per heavy atom. The van der Waals surface area contributed by atoms with E-state index >= 15 is 0 Å². The smallest absolute Gasteiger partial charge is 0.237 e. The molecule has 0 atom stereocenters. The van der Waals surface area contributed by atoms with Gasteiger partial charge in [0.05, 0.1) is 14.9 Å². The van der Waals surface area contributed by atoms with Gasteiger partial charge in [0.1, 0.15) is 18.2 Å². The first-order valence-corrected chi connectivity index (χ1v) is 10.2. The zero-order valence-electron chi connectivity index (χ0n) is 20.0. The second-order valence-corrected chi connectivity index (χ2v) is 7.92. The molecular formula is C28H23N2O+. The van der Waals surface area contributed by atoms with Crippen LogP contribution in [0.1, 0.15) is 19.6 Å². The summed E-state index contributed by atoms with van der Waals surface area (Å²) < 4.78 is 25.5. The molecule has 3 heteroatoms. The number of rotatable bonds is 2. The number of pyridine rings is 1. The van der Waals surface area contributed by atoms with Crippen LogP contribution in [0.2, 0.25) is 0 Å². The molecule has 0 radical (unpaired) electrons. The van der Waals surface area contributed by atoms with Crippen molar-refractivity contribution >= 4 is 27.6 Å². The third-order valence-electron chi connectivity index (χ3n) is 5.94. The maximum atomic E-state index is 8.81. The van der Waals surface area contributed by atoms with Gasteiger partial charge in [-0.15, -0.1) is 0 Å². The first kappa shape index (κ1) is 16.8. The highest BCUT2D eigenvalue weighted by atomic mass is 16.3. The molecule has 0 fully saturated rings.